The summed E-state index contributed by atoms with van der Waals surface area (Å²) in [5.41, 5.74) is 1.43. The first-order valence-electron chi connectivity index (χ1n) is 5.97. The standard InChI is InChI=1S/C15H13BrO3S/c1-11-6-8-12(9-7-11)14(17)10-20(18,19)15-5-3-2-4-13(15)16/h2-9H,10H2,1H3. The lowest BCUT2D eigenvalue weighted by Crippen LogP contribution is -2.16. The third-order valence-corrected chi connectivity index (χ3v) is 5.49. The number of carbonyl (C=O) groups excluding carboxylic acids is 1. The number of halogens is 1. The number of rotatable bonds is 4. The van der Waals surface area contributed by atoms with Gasteiger partial charge in [0.25, 0.3) is 0 Å². The van der Waals surface area contributed by atoms with Gasteiger partial charge in [0, 0.05) is 10.0 Å². The Balaban J connectivity index is 2.27. The van der Waals surface area contributed by atoms with E-state index in [0.717, 1.165) is 5.56 Å². The first kappa shape index (κ1) is 14.9. The maximum Gasteiger partial charge on any atom is 0.186 e. The van der Waals surface area contributed by atoms with E-state index in [0.29, 0.717) is 10.0 Å². The van der Waals surface area contributed by atoms with Gasteiger partial charge in [0.2, 0.25) is 0 Å². The molecule has 0 aromatic heterocycles. The van der Waals surface area contributed by atoms with Gasteiger partial charge in [-0.25, -0.2) is 8.42 Å². The van der Waals surface area contributed by atoms with Crippen molar-refractivity contribution >= 4 is 31.6 Å². The molecule has 5 heteroatoms. The molecule has 2 aromatic rings. The number of carbonyl (C=O) groups is 1. The Kier molecular flexibility index (Phi) is 4.40. The number of hydrogen-bond donors (Lipinski definition) is 0. The molecule has 0 radical (unpaired) electrons. The summed E-state index contributed by atoms with van der Waals surface area (Å²) >= 11 is 3.20. The van der Waals surface area contributed by atoms with Gasteiger partial charge >= 0.3 is 0 Å². The molecule has 2 aromatic carbocycles. The van der Waals surface area contributed by atoms with E-state index in [1.54, 1.807) is 42.5 Å². The number of Topliss-reactive ketones (excluding diaryl/α,β-unsaturated/α-hetero) is 1. The van der Waals surface area contributed by atoms with Gasteiger partial charge in [-0.2, -0.15) is 0 Å². The molecule has 0 fully saturated rings. The molecule has 3 nitrogen and oxygen atoms in total. The summed E-state index contributed by atoms with van der Waals surface area (Å²) in [6.45, 7) is 1.91. The van der Waals surface area contributed by atoms with Crippen LogP contribution in [0.3, 0.4) is 0 Å². The van der Waals surface area contributed by atoms with E-state index >= 15 is 0 Å². The fourth-order valence-corrected chi connectivity index (χ4v) is 4.11. The lowest BCUT2D eigenvalue weighted by molar-refractivity contribution is 0.102. The molecule has 0 aliphatic rings. The van der Waals surface area contributed by atoms with Crippen LogP contribution in [0, 0.1) is 6.92 Å². The zero-order chi connectivity index (χ0) is 14.8. The van der Waals surface area contributed by atoms with E-state index in [1.807, 2.05) is 6.92 Å². The molecular weight excluding hydrogens is 340 g/mol. The zero-order valence-electron chi connectivity index (χ0n) is 10.8. The van der Waals surface area contributed by atoms with Crippen molar-refractivity contribution in [3.63, 3.8) is 0 Å². The molecule has 0 saturated carbocycles. The maximum absolute atomic E-state index is 12.3. The second-order valence-electron chi connectivity index (χ2n) is 4.48. The van der Waals surface area contributed by atoms with Gasteiger partial charge in [0.05, 0.1) is 4.90 Å². The van der Waals surface area contributed by atoms with Crippen molar-refractivity contribution in [1.82, 2.24) is 0 Å². The van der Waals surface area contributed by atoms with Crippen LogP contribution < -0.4 is 0 Å². The average molecular weight is 353 g/mol. The van der Waals surface area contributed by atoms with Crippen LogP contribution in [0.4, 0.5) is 0 Å². The van der Waals surface area contributed by atoms with E-state index in [1.165, 1.54) is 6.07 Å². The van der Waals surface area contributed by atoms with Crippen LogP contribution >= 0.6 is 15.9 Å². The van der Waals surface area contributed by atoms with Gasteiger partial charge < -0.3 is 0 Å². The summed E-state index contributed by atoms with van der Waals surface area (Å²) in [7, 11) is -3.64. The second kappa shape index (κ2) is 5.89. The molecule has 20 heavy (non-hydrogen) atoms. The number of hydrogen-bond acceptors (Lipinski definition) is 3. The molecule has 0 saturated heterocycles. The minimum atomic E-state index is -3.64. The van der Waals surface area contributed by atoms with Gasteiger partial charge in [0.15, 0.2) is 15.6 Å². The van der Waals surface area contributed by atoms with Gasteiger partial charge in [-0.3, -0.25) is 4.79 Å². The van der Waals surface area contributed by atoms with Crippen LogP contribution in [0.1, 0.15) is 15.9 Å². The normalized spacial score (nSPS) is 11.3. The molecule has 0 atom stereocenters. The topological polar surface area (TPSA) is 51.2 Å². The summed E-state index contributed by atoms with van der Waals surface area (Å²) in [6.07, 6.45) is 0. The predicted octanol–water partition coefficient (Wildman–Crippen LogP) is 3.41. The summed E-state index contributed by atoms with van der Waals surface area (Å²) in [5, 5.41) is 0. The minimum absolute atomic E-state index is 0.139. The second-order valence-corrected chi connectivity index (χ2v) is 7.29. The summed E-state index contributed by atoms with van der Waals surface area (Å²) in [6, 6.07) is 13.4. The fourth-order valence-electron chi connectivity index (χ4n) is 1.77. The molecule has 0 unspecified atom stereocenters. The summed E-state index contributed by atoms with van der Waals surface area (Å²) in [4.78, 5) is 12.2. The van der Waals surface area contributed by atoms with E-state index in [9.17, 15) is 13.2 Å². The first-order chi connectivity index (χ1) is 9.40. The Bertz CT molecular complexity index is 734. The molecule has 0 bridgehead atoms. The van der Waals surface area contributed by atoms with Crippen LogP contribution in [0.5, 0.6) is 0 Å². The number of sulfone groups is 1. The van der Waals surface area contributed by atoms with Crippen molar-refractivity contribution in [2.24, 2.45) is 0 Å². The van der Waals surface area contributed by atoms with Crippen LogP contribution in [0.2, 0.25) is 0 Å². The van der Waals surface area contributed by atoms with E-state index in [4.69, 9.17) is 0 Å². The highest BCUT2D eigenvalue weighted by molar-refractivity contribution is 9.10. The maximum atomic E-state index is 12.3. The van der Waals surface area contributed by atoms with Crippen molar-refractivity contribution in [3.05, 3.63) is 64.1 Å². The van der Waals surface area contributed by atoms with Crippen molar-refractivity contribution in [2.75, 3.05) is 5.75 Å². The molecule has 0 heterocycles. The number of aryl methyl sites for hydroxylation is 1. The molecule has 0 amide bonds. The number of ketones is 1. The zero-order valence-corrected chi connectivity index (χ0v) is 13.2. The molecular formula is C15H13BrO3S. The quantitative estimate of drug-likeness (QED) is 0.792. The monoisotopic (exact) mass is 352 g/mol. The molecule has 2 rings (SSSR count). The lowest BCUT2D eigenvalue weighted by atomic mass is 10.1. The van der Waals surface area contributed by atoms with Crippen LogP contribution in [0.25, 0.3) is 0 Å². The Hall–Kier alpha value is -1.46. The SMILES string of the molecule is Cc1ccc(C(=O)CS(=O)(=O)c2ccccc2Br)cc1. The van der Waals surface area contributed by atoms with E-state index < -0.39 is 21.4 Å². The molecule has 0 spiro atoms. The molecule has 0 aliphatic heterocycles. The first-order valence-corrected chi connectivity index (χ1v) is 8.42. The number of benzene rings is 2. The average Bonchev–Trinajstić information content (AvgIpc) is 2.39. The molecule has 0 N–H and O–H groups in total. The fraction of sp³-hybridized carbons (Fsp3) is 0.133. The van der Waals surface area contributed by atoms with Crippen LogP contribution in [-0.4, -0.2) is 20.0 Å². The molecule has 104 valence electrons. The van der Waals surface area contributed by atoms with Gasteiger partial charge in [-0.05, 0) is 35.0 Å². The van der Waals surface area contributed by atoms with Crippen molar-refractivity contribution in [3.8, 4) is 0 Å². The Morgan fingerprint density at radius 3 is 2.25 bits per heavy atom. The summed E-state index contributed by atoms with van der Waals surface area (Å²) < 4.78 is 25.0. The van der Waals surface area contributed by atoms with Gasteiger partial charge in [0.1, 0.15) is 5.75 Å². The third kappa shape index (κ3) is 3.35. The van der Waals surface area contributed by atoms with E-state index in [-0.39, 0.29) is 4.90 Å². The Labute approximate surface area is 126 Å². The highest BCUT2D eigenvalue weighted by Gasteiger charge is 2.22. The minimum Gasteiger partial charge on any atom is -0.293 e. The predicted molar refractivity (Wildman–Crippen MR) is 81.7 cm³/mol. The van der Waals surface area contributed by atoms with Gasteiger partial charge in [-0.1, -0.05) is 42.0 Å². The van der Waals surface area contributed by atoms with Crippen LogP contribution in [-0.2, 0) is 9.84 Å². The van der Waals surface area contributed by atoms with Gasteiger partial charge in [-0.15, -0.1) is 0 Å². The Morgan fingerprint density at radius 1 is 1.05 bits per heavy atom. The smallest absolute Gasteiger partial charge is 0.186 e. The van der Waals surface area contributed by atoms with Crippen LogP contribution in [0.15, 0.2) is 57.9 Å². The molecule has 0 aliphatic carbocycles. The highest BCUT2D eigenvalue weighted by atomic mass is 79.9. The van der Waals surface area contributed by atoms with E-state index in [2.05, 4.69) is 15.9 Å². The lowest BCUT2D eigenvalue weighted by Gasteiger charge is -2.06. The highest BCUT2D eigenvalue weighted by Crippen LogP contribution is 2.23. The Morgan fingerprint density at radius 2 is 1.65 bits per heavy atom. The third-order valence-electron chi connectivity index (χ3n) is 2.87. The van der Waals surface area contributed by atoms with Crippen molar-refractivity contribution in [2.45, 2.75) is 11.8 Å². The summed E-state index contributed by atoms with van der Waals surface area (Å²) in [5.74, 6) is -0.931. The largest absolute Gasteiger partial charge is 0.293 e. The van der Waals surface area contributed by atoms with Crippen molar-refractivity contribution in [1.29, 1.82) is 0 Å². The van der Waals surface area contributed by atoms with Crippen molar-refractivity contribution < 1.29 is 13.2 Å².